The predicted octanol–water partition coefficient (Wildman–Crippen LogP) is 2.97. The highest BCUT2D eigenvalue weighted by molar-refractivity contribution is 5.28. The van der Waals surface area contributed by atoms with E-state index in [9.17, 15) is 4.39 Å². The molecule has 2 heteroatoms. The van der Waals surface area contributed by atoms with Gasteiger partial charge in [0.1, 0.15) is 5.83 Å². The van der Waals surface area contributed by atoms with E-state index in [4.69, 9.17) is 0 Å². The van der Waals surface area contributed by atoms with E-state index in [0.29, 0.717) is 5.92 Å². The van der Waals surface area contributed by atoms with Crippen LogP contribution in [0.1, 0.15) is 19.8 Å². The second-order valence-corrected chi connectivity index (χ2v) is 3.56. The minimum atomic E-state index is -0.153. The first kappa shape index (κ1) is 11.2. The van der Waals surface area contributed by atoms with Crippen LogP contribution in [0.15, 0.2) is 35.7 Å². The topological polar surface area (TPSA) is 12.0 Å². The van der Waals surface area contributed by atoms with Crippen molar-refractivity contribution in [3.8, 4) is 0 Å². The largest absolute Gasteiger partial charge is 0.319 e. The van der Waals surface area contributed by atoms with Gasteiger partial charge in [0.15, 0.2) is 0 Å². The quantitative estimate of drug-likeness (QED) is 0.727. The van der Waals surface area contributed by atoms with Gasteiger partial charge in [0.2, 0.25) is 0 Å². The fourth-order valence-electron chi connectivity index (χ4n) is 1.70. The van der Waals surface area contributed by atoms with Gasteiger partial charge in [0, 0.05) is 6.54 Å². The average molecular weight is 195 g/mol. The molecule has 1 aliphatic carbocycles. The maximum atomic E-state index is 12.9. The number of hydrogen-bond donors (Lipinski definition) is 1. The lowest BCUT2D eigenvalue weighted by Gasteiger charge is -2.16. The molecule has 1 N–H and O–H groups in total. The molecule has 1 rings (SSSR count). The molecule has 0 aromatic heterocycles. The van der Waals surface area contributed by atoms with Crippen LogP contribution in [0.25, 0.3) is 0 Å². The number of allylic oxidation sites excluding steroid dienone is 5. The van der Waals surface area contributed by atoms with Crippen molar-refractivity contribution in [3.05, 3.63) is 35.7 Å². The minimum Gasteiger partial charge on any atom is -0.319 e. The fraction of sp³-hybridized carbons (Fsp3) is 0.500. The Labute approximate surface area is 85.4 Å². The average Bonchev–Trinajstić information content (AvgIpc) is 2.40. The van der Waals surface area contributed by atoms with Gasteiger partial charge in [-0.2, -0.15) is 0 Å². The van der Waals surface area contributed by atoms with Gasteiger partial charge in [0.25, 0.3) is 0 Å². The molecule has 1 unspecified atom stereocenters. The van der Waals surface area contributed by atoms with Gasteiger partial charge in [-0.05, 0) is 38.0 Å². The maximum absolute atomic E-state index is 12.9. The van der Waals surface area contributed by atoms with Crippen LogP contribution in [0.5, 0.6) is 0 Å². The van der Waals surface area contributed by atoms with Crippen molar-refractivity contribution in [3.63, 3.8) is 0 Å². The molecule has 1 nitrogen and oxygen atoms in total. The van der Waals surface area contributed by atoms with Crippen molar-refractivity contribution in [1.29, 1.82) is 0 Å². The van der Waals surface area contributed by atoms with E-state index >= 15 is 0 Å². The van der Waals surface area contributed by atoms with Gasteiger partial charge < -0.3 is 5.32 Å². The first-order valence-corrected chi connectivity index (χ1v) is 5.15. The summed E-state index contributed by atoms with van der Waals surface area (Å²) in [5.41, 5.74) is 1.31. The molecule has 0 aliphatic heterocycles. The summed E-state index contributed by atoms with van der Waals surface area (Å²) in [6, 6.07) is 0. The smallest absolute Gasteiger partial charge is 0.122 e. The standard InChI is InChI=1S/C12H18FN/c1-3-10(9-14-2)11-5-4-6-12(13)8-7-11/h4,6-8,10,14H,3,5,9H2,1-2H3. The van der Waals surface area contributed by atoms with Gasteiger partial charge in [-0.15, -0.1) is 0 Å². The molecule has 14 heavy (non-hydrogen) atoms. The Morgan fingerprint density at radius 2 is 2.29 bits per heavy atom. The van der Waals surface area contributed by atoms with Crippen LogP contribution in [0.2, 0.25) is 0 Å². The molecule has 1 aliphatic rings. The molecule has 0 saturated heterocycles. The summed E-state index contributed by atoms with van der Waals surface area (Å²) in [5, 5.41) is 3.17. The zero-order valence-electron chi connectivity index (χ0n) is 8.89. The molecule has 1 atom stereocenters. The number of hydrogen-bond acceptors (Lipinski definition) is 1. The molecule has 78 valence electrons. The van der Waals surface area contributed by atoms with Gasteiger partial charge in [0.05, 0.1) is 0 Å². The molecule has 0 bridgehead atoms. The molecule has 0 spiro atoms. The molecule has 0 amide bonds. The Balaban J connectivity index is 2.71. The highest BCUT2D eigenvalue weighted by atomic mass is 19.1. The van der Waals surface area contributed by atoms with E-state index in [1.54, 1.807) is 6.08 Å². The molecular weight excluding hydrogens is 177 g/mol. The Bertz CT molecular complexity index is 263. The monoisotopic (exact) mass is 195 g/mol. The first-order valence-electron chi connectivity index (χ1n) is 5.15. The van der Waals surface area contributed by atoms with E-state index in [-0.39, 0.29) is 5.83 Å². The summed E-state index contributed by atoms with van der Waals surface area (Å²) >= 11 is 0. The molecule has 0 saturated carbocycles. The van der Waals surface area contributed by atoms with Gasteiger partial charge in [-0.1, -0.05) is 24.6 Å². The Kier molecular flexibility index (Phi) is 4.60. The summed E-state index contributed by atoms with van der Waals surface area (Å²) in [6.07, 6.45) is 8.86. The number of rotatable bonds is 4. The van der Waals surface area contributed by atoms with E-state index in [1.165, 1.54) is 11.6 Å². The zero-order chi connectivity index (χ0) is 10.4. The van der Waals surface area contributed by atoms with E-state index in [0.717, 1.165) is 19.4 Å². The first-order chi connectivity index (χ1) is 6.77. The van der Waals surface area contributed by atoms with Crippen LogP contribution >= 0.6 is 0 Å². The van der Waals surface area contributed by atoms with Crippen molar-refractivity contribution in [2.45, 2.75) is 19.8 Å². The van der Waals surface area contributed by atoms with Gasteiger partial charge in [-0.3, -0.25) is 0 Å². The summed E-state index contributed by atoms with van der Waals surface area (Å²) in [6.45, 7) is 3.13. The molecule has 0 aromatic rings. The second-order valence-electron chi connectivity index (χ2n) is 3.56. The normalized spacial score (nSPS) is 18.5. The van der Waals surface area contributed by atoms with Crippen LogP contribution in [0.3, 0.4) is 0 Å². The number of nitrogens with one attached hydrogen (secondary N) is 1. The Morgan fingerprint density at radius 3 is 2.93 bits per heavy atom. The lowest BCUT2D eigenvalue weighted by molar-refractivity contribution is 0.545. The van der Waals surface area contributed by atoms with Crippen LogP contribution in [-0.2, 0) is 0 Å². The fourth-order valence-corrected chi connectivity index (χ4v) is 1.70. The summed E-state index contributed by atoms with van der Waals surface area (Å²) < 4.78 is 12.9. The van der Waals surface area contributed by atoms with E-state index in [2.05, 4.69) is 12.2 Å². The molecular formula is C12H18FN. The van der Waals surface area contributed by atoms with Crippen LogP contribution in [-0.4, -0.2) is 13.6 Å². The summed E-state index contributed by atoms with van der Waals surface area (Å²) in [7, 11) is 1.95. The minimum absolute atomic E-state index is 0.153. The zero-order valence-corrected chi connectivity index (χ0v) is 8.89. The van der Waals surface area contributed by atoms with Gasteiger partial charge in [-0.25, -0.2) is 4.39 Å². The third kappa shape index (κ3) is 3.11. The predicted molar refractivity (Wildman–Crippen MR) is 58.7 cm³/mol. The Morgan fingerprint density at radius 1 is 1.50 bits per heavy atom. The molecule has 0 fully saturated rings. The van der Waals surface area contributed by atoms with Crippen LogP contribution < -0.4 is 5.32 Å². The van der Waals surface area contributed by atoms with Gasteiger partial charge >= 0.3 is 0 Å². The third-order valence-electron chi connectivity index (χ3n) is 2.55. The van der Waals surface area contributed by atoms with Crippen molar-refractivity contribution in [1.82, 2.24) is 5.32 Å². The maximum Gasteiger partial charge on any atom is 0.122 e. The van der Waals surface area contributed by atoms with E-state index < -0.39 is 0 Å². The molecule has 0 heterocycles. The molecule has 0 radical (unpaired) electrons. The lowest BCUT2D eigenvalue weighted by atomic mass is 9.93. The van der Waals surface area contributed by atoms with Crippen molar-refractivity contribution in [2.24, 2.45) is 5.92 Å². The number of halogens is 1. The third-order valence-corrected chi connectivity index (χ3v) is 2.55. The van der Waals surface area contributed by atoms with Crippen molar-refractivity contribution < 1.29 is 4.39 Å². The van der Waals surface area contributed by atoms with Crippen molar-refractivity contribution in [2.75, 3.05) is 13.6 Å². The summed E-state index contributed by atoms with van der Waals surface area (Å²) in [5.74, 6) is 0.367. The second kappa shape index (κ2) is 5.76. The highest BCUT2D eigenvalue weighted by Gasteiger charge is 2.10. The van der Waals surface area contributed by atoms with Crippen LogP contribution in [0.4, 0.5) is 4.39 Å². The molecule has 0 aromatic carbocycles. The highest BCUT2D eigenvalue weighted by Crippen LogP contribution is 2.21. The summed E-state index contributed by atoms with van der Waals surface area (Å²) in [4.78, 5) is 0. The van der Waals surface area contributed by atoms with Crippen molar-refractivity contribution >= 4 is 0 Å². The van der Waals surface area contributed by atoms with Crippen LogP contribution in [0, 0.1) is 5.92 Å². The SMILES string of the molecule is CCC(CNC)C1=CC=C(F)C=CC1. The van der Waals surface area contributed by atoms with E-state index in [1.807, 2.05) is 19.2 Å². The lowest BCUT2D eigenvalue weighted by Crippen LogP contribution is -2.19. The Hall–Kier alpha value is -0.890.